The third-order valence-corrected chi connectivity index (χ3v) is 4.38. The summed E-state index contributed by atoms with van der Waals surface area (Å²) in [6.45, 7) is 5.27. The molecule has 0 amide bonds. The summed E-state index contributed by atoms with van der Waals surface area (Å²) in [4.78, 5) is 18.5. The Morgan fingerprint density at radius 2 is 2.12 bits per heavy atom. The van der Waals surface area contributed by atoms with Crippen molar-refractivity contribution in [2.75, 3.05) is 25.0 Å². The molecular formula is C20H25N3O2. The Kier molecular flexibility index (Phi) is 6.01. The molecule has 1 fully saturated rings. The van der Waals surface area contributed by atoms with E-state index in [2.05, 4.69) is 45.5 Å². The number of ether oxygens (including phenoxy) is 1. The molecule has 25 heavy (non-hydrogen) atoms. The molecule has 3 rings (SSSR count). The van der Waals surface area contributed by atoms with E-state index in [0.717, 1.165) is 31.9 Å². The molecule has 1 aromatic heterocycles. The molecule has 1 aliphatic heterocycles. The van der Waals surface area contributed by atoms with E-state index in [0.29, 0.717) is 18.2 Å². The minimum Gasteiger partial charge on any atom is -0.462 e. The number of hydrogen-bond donors (Lipinski definition) is 1. The molecule has 1 aliphatic rings. The molecule has 1 N–H and O–H groups in total. The molecule has 0 unspecified atom stereocenters. The van der Waals surface area contributed by atoms with Gasteiger partial charge in [-0.3, -0.25) is 4.90 Å². The number of likely N-dealkylation sites (tertiary alicyclic amines) is 1. The first-order valence-electron chi connectivity index (χ1n) is 8.90. The second-order valence-corrected chi connectivity index (χ2v) is 6.36. The smallest absolute Gasteiger partial charge is 0.339 e. The van der Waals surface area contributed by atoms with E-state index in [9.17, 15) is 4.79 Å². The molecular weight excluding hydrogens is 314 g/mol. The van der Waals surface area contributed by atoms with Crippen molar-refractivity contribution in [2.45, 2.75) is 32.4 Å². The lowest BCUT2D eigenvalue weighted by Crippen LogP contribution is -2.41. The van der Waals surface area contributed by atoms with E-state index >= 15 is 0 Å². The number of aromatic nitrogens is 1. The zero-order chi connectivity index (χ0) is 17.5. The van der Waals surface area contributed by atoms with Crippen molar-refractivity contribution in [1.29, 1.82) is 0 Å². The monoisotopic (exact) mass is 339 g/mol. The quantitative estimate of drug-likeness (QED) is 0.818. The SMILES string of the molecule is CCOC(=O)c1ccc(N[C@@H]2CCCN(Cc3ccccc3)C2)nc1. The summed E-state index contributed by atoms with van der Waals surface area (Å²) < 4.78 is 4.98. The Bertz CT molecular complexity index is 673. The number of nitrogens with one attached hydrogen (secondary N) is 1. The van der Waals surface area contributed by atoms with Crippen molar-refractivity contribution in [2.24, 2.45) is 0 Å². The van der Waals surface area contributed by atoms with Gasteiger partial charge in [-0.1, -0.05) is 30.3 Å². The van der Waals surface area contributed by atoms with Gasteiger partial charge in [0.1, 0.15) is 5.82 Å². The molecule has 0 spiro atoms. The number of carbonyl (C=O) groups excluding carboxylic acids is 1. The number of anilines is 1. The summed E-state index contributed by atoms with van der Waals surface area (Å²) in [6, 6.07) is 14.6. The van der Waals surface area contributed by atoms with E-state index in [1.165, 1.54) is 12.0 Å². The minimum atomic E-state index is -0.326. The number of nitrogens with zero attached hydrogens (tertiary/aromatic N) is 2. The van der Waals surface area contributed by atoms with E-state index in [1.807, 2.05) is 6.07 Å². The van der Waals surface area contributed by atoms with Crippen molar-refractivity contribution in [3.05, 3.63) is 59.8 Å². The number of rotatable bonds is 6. The van der Waals surface area contributed by atoms with Crippen LogP contribution in [0.3, 0.4) is 0 Å². The van der Waals surface area contributed by atoms with Crippen LogP contribution < -0.4 is 5.32 Å². The van der Waals surface area contributed by atoms with Crippen LogP contribution in [0.2, 0.25) is 0 Å². The number of hydrogen-bond acceptors (Lipinski definition) is 5. The molecule has 1 atom stereocenters. The van der Waals surface area contributed by atoms with Gasteiger partial charge in [0.2, 0.25) is 0 Å². The topological polar surface area (TPSA) is 54.5 Å². The maximum atomic E-state index is 11.7. The fourth-order valence-corrected chi connectivity index (χ4v) is 3.18. The van der Waals surface area contributed by atoms with Gasteiger partial charge in [0.15, 0.2) is 0 Å². The van der Waals surface area contributed by atoms with Gasteiger partial charge >= 0.3 is 5.97 Å². The largest absolute Gasteiger partial charge is 0.462 e. The van der Waals surface area contributed by atoms with Crippen LogP contribution in [0.4, 0.5) is 5.82 Å². The van der Waals surface area contributed by atoms with Crippen molar-refractivity contribution in [3.63, 3.8) is 0 Å². The zero-order valence-corrected chi connectivity index (χ0v) is 14.6. The van der Waals surface area contributed by atoms with Crippen LogP contribution in [0.1, 0.15) is 35.7 Å². The number of carbonyl (C=O) groups is 1. The average molecular weight is 339 g/mol. The highest BCUT2D eigenvalue weighted by atomic mass is 16.5. The number of pyridine rings is 1. The van der Waals surface area contributed by atoms with Crippen LogP contribution in [0.25, 0.3) is 0 Å². The first-order chi connectivity index (χ1) is 12.2. The second-order valence-electron chi connectivity index (χ2n) is 6.36. The molecule has 0 saturated carbocycles. The molecule has 2 aromatic rings. The second kappa shape index (κ2) is 8.62. The fourth-order valence-electron chi connectivity index (χ4n) is 3.18. The highest BCUT2D eigenvalue weighted by molar-refractivity contribution is 5.89. The highest BCUT2D eigenvalue weighted by Gasteiger charge is 2.20. The van der Waals surface area contributed by atoms with Gasteiger partial charge in [0.25, 0.3) is 0 Å². The summed E-state index contributed by atoms with van der Waals surface area (Å²) in [5.74, 6) is 0.480. The van der Waals surface area contributed by atoms with Gasteiger partial charge in [-0.25, -0.2) is 9.78 Å². The van der Waals surface area contributed by atoms with Gasteiger partial charge in [0.05, 0.1) is 12.2 Å². The number of piperidine rings is 1. The number of benzene rings is 1. The van der Waals surface area contributed by atoms with E-state index in [4.69, 9.17) is 4.74 Å². The number of esters is 1. The molecule has 1 saturated heterocycles. The Labute approximate surface area is 149 Å². The van der Waals surface area contributed by atoms with Crippen molar-refractivity contribution < 1.29 is 9.53 Å². The van der Waals surface area contributed by atoms with Crippen molar-refractivity contribution in [1.82, 2.24) is 9.88 Å². The Balaban J connectivity index is 1.54. The molecule has 0 radical (unpaired) electrons. The predicted molar refractivity (Wildman–Crippen MR) is 98.6 cm³/mol. The van der Waals surface area contributed by atoms with Crippen LogP contribution in [-0.2, 0) is 11.3 Å². The molecule has 2 heterocycles. The van der Waals surface area contributed by atoms with Gasteiger partial charge in [-0.2, -0.15) is 0 Å². The molecule has 0 bridgehead atoms. The lowest BCUT2D eigenvalue weighted by Gasteiger charge is -2.33. The first-order valence-corrected chi connectivity index (χ1v) is 8.90. The Hall–Kier alpha value is -2.40. The summed E-state index contributed by atoms with van der Waals surface area (Å²) in [6.07, 6.45) is 3.88. The zero-order valence-electron chi connectivity index (χ0n) is 14.6. The standard InChI is InChI=1S/C20H25N3O2/c1-2-25-20(24)17-10-11-19(21-13-17)22-18-9-6-12-23(15-18)14-16-7-4-3-5-8-16/h3-5,7-8,10-11,13,18H,2,6,9,12,14-15H2,1H3,(H,21,22)/t18-/m1/s1. The molecule has 0 aliphatic carbocycles. The molecule has 132 valence electrons. The maximum Gasteiger partial charge on any atom is 0.339 e. The Morgan fingerprint density at radius 1 is 1.28 bits per heavy atom. The normalized spacial score (nSPS) is 17.9. The van der Waals surface area contributed by atoms with Gasteiger partial charge < -0.3 is 10.1 Å². The van der Waals surface area contributed by atoms with Crippen molar-refractivity contribution in [3.8, 4) is 0 Å². The van der Waals surface area contributed by atoms with Crippen LogP contribution in [0, 0.1) is 0 Å². The molecule has 5 heteroatoms. The third kappa shape index (κ3) is 5.03. The van der Waals surface area contributed by atoms with Gasteiger partial charge in [0, 0.05) is 25.3 Å². The summed E-state index contributed by atoms with van der Waals surface area (Å²) in [5.41, 5.74) is 1.84. The van der Waals surface area contributed by atoms with Crippen LogP contribution >= 0.6 is 0 Å². The van der Waals surface area contributed by atoms with E-state index in [-0.39, 0.29) is 5.97 Å². The molecule has 5 nitrogen and oxygen atoms in total. The third-order valence-electron chi connectivity index (χ3n) is 4.38. The highest BCUT2D eigenvalue weighted by Crippen LogP contribution is 2.17. The predicted octanol–water partition coefficient (Wildman–Crippen LogP) is 3.33. The average Bonchev–Trinajstić information content (AvgIpc) is 2.64. The fraction of sp³-hybridized carbons (Fsp3) is 0.400. The van der Waals surface area contributed by atoms with Crippen LogP contribution in [0.5, 0.6) is 0 Å². The minimum absolute atomic E-state index is 0.326. The van der Waals surface area contributed by atoms with E-state index < -0.39 is 0 Å². The Morgan fingerprint density at radius 3 is 2.84 bits per heavy atom. The summed E-state index contributed by atoms with van der Waals surface area (Å²) in [7, 11) is 0. The summed E-state index contributed by atoms with van der Waals surface area (Å²) >= 11 is 0. The van der Waals surface area contributed by atoms with Gasteiger partial charge in [-0.05, 0) is 44.0 Å². The lowest BCUT2D eigenvalue weighted by molar-refractivity contribution is 0.0526. The van der Waals surface area contributed by atoms with E-state index in [1.54, 1.807) is 19.2 Å². The van der Waals surface area contributed by atoms with Crippen LogP contribution in [0.15, 0.2) is 48.7 Å². The van der Waals surface area contributed by atoms with Gasteiger partial charge in [-0.15, -0.1) is 0 Å². The maximum absolute atomic E-state index is 11.7. The lowest BCUT2D eigenvalue weighted by atomic mass is 10.0. The molecule has 1 aromatic carbocycles. The van der Waals surface area contributed by atoms with Crippen LogP contribution in [-0.4, -0.2) is 41.6 Å². The summed E-state index contributed by atoms with van der Waals surface area (Å²) in [5, 5.41) is 3.49. The van der Waals surface area contributed by atoms with Crippen molar-refractivity contribution >= 4 is 11.8 Å². The first kappa shape index (κ1) is 17.4.